The van der Waals surface area contributed by atoms with E-state index in [1.165, 1.54) is 29.7 Å². The summed E-state index contributed by atoms with van der Waals surface area (Å²) in [5.41, 5.74) is 8.95. The summed E-state index contributed by atoms with van der Waals surface area (Å²) in [4.78, 5) is 7.21. The van der Waals surface area contributed by atoms with Gasteiger partial charge >= 0.3 is 6.61 Å². The number of hydrogen-bond acceptors (Lipinski definition) is 7. The predicted molar refractivity (Wildman–Crippen MR) is 101 cm³/mol. The zero-order valence-electron chi connectivity index (χ0n) is 14.4. The molecule has 0 amide bonds. The van der Waals surface area contributed by atoms with Crippen molar-refractivity contribution in [3.63, 3.8) is 0 Å². The summed E-state index contributed by atoms with van der Waals surface area (Å²) in [5.74, 6) is 0.00507. The van der Waals surface area contributed by atoms with E-state index in [1.54, 1.807) is 6.07 Å². The van der Waals surface area contributed by atoms with E-state index < -0.39 is 6.61 Å². The van der Waals surface area contributed by atoms with Crippen LogP contribution in [0.25, 0.3) is 10.9 Å². The van der Waals surface area contributed by atoms with Crippen molar-refractivity contribution >= 4 is 32.9 Å². The largest absolute Gasteiger partial charge is 0.435 e. The van der Waals surface area contributed by atoms with E-state index in [4.69, 9.17) is 5.73 Å². The lowest BCUT2D eigenvalue weighted by Crippen LogP contribution is -2.30. The fourth-order valence-corrected chi connectivity index (χ4v) is 4.58. The number of nitrogens with zero attached hydrogens (tertiary/aromatic N) is 4. The molecule has 0 saturated heterocycles. The van der Waals surface area contributed by atoms with Crippen LogP contribution in [0.5, 0.6) is 5.75 Å². The van der Waals surface area contributed by atoms with Crippen molar-refractivity contribution < 1.29 is 13.5 Å². The Kier molecular flexibility index (Phi) is 4.46. The summed E-state index contributed by atoms with van der Waals surface area (Å²) in [7, 11) is 0. The minimum Gasteiger partial charge on any atom is -0.435 e. The van der Waals surface area contributed by atoms with Gasteiger partial charge in [-0.1, -0.05) is 0 Å². The first kappa shape index (κ1) is 18.0. The van der Waals surface area contributed by atoms with E-state index in [0.717, 1.165) is 10.4 Å². The molecule has 2 N–H and O–H groups in total. The molecular weight excluding hydrogens is 384 g/mol. The normalized spacial score (nSPS) is 13.2. The number of nitrogen functional groups attached to an aromatic ring is 1. The van der Waals surface area contributed by atoms with E-state index >= 15 is 0 Å². The van der Waals surface area contributed by atoms with Crippen LogP contribution in [0.4, 0.5) is 19.5 Å². The van der Waals surface area contributed by atoms with Gasteiger partial charge in [0.2, 0.25) is 0 Å². The first-order chi connectivity index (χ1) is 13.5. The molecule has 0 atom stereocenters. The Bertz CT molecular complexity index is 1160. The van der Waals surface area contributed by atoms with Crippen molar-refractivity contribution in [2.45, 2.75) is 19.6 Å². The first-order valence-electron chi connectivity index (χ1n) is 8.34. The van der Waals surface area contributed by atoms with Crippen molar-refractivity contribution in [3.05, 3.63) is 46.0 Å². The van der Waals surface area contributed by atoms with Gasteiger partial charge in [-0.05, 0) is 30.2 Å². The maximum Gasteiger partial charge on any atom is 0.387 e. The number of pyridine rings is 1. The van der Waals surface area contributed by atoms with Gasteiger partial charge in [-0.3, -0.25) is 4.98 Å². The summed E-state index contributed by atoms with van der Waals surface area (Å²) >= 11 is 1.36. The number of nitriles is 2. The summed E-state index contributed by atoms with van der Waals surface area (Å²) in [6.07, 6.45) is 2.08. The topological polar surface area (TPSA) is 99.0 Å². The van der Waals surface area contributed by atoms with E-state index in [0.29, 0.717) is 52.2 Å². The van der Waals surface area contributed by atoms with Crippen molar-refractivity contribution in [2.24, 2.45) is 0 Å². The van der Waals surface area contributed by atoms with Gasteiger partial charge in [0, 0.05) is 23.0 Å². The zero-order valence-corrected chi connectivity index (χ0v) is 15.3. The molecule has 1 aromatic carbocycles. The van der Waals surface area contributed by atoms with E-state index in [-0.39, 0.29) is 5.75 Å². The molecule has 2 aromatic heterocycles. The van der Waals surface area contributed by atoms with Crippen molar-refractivity contribution in [1.29, 1.82) is 10.5 Å². The van der Waals surface area contributed by atoms with Gasteiger partial charge in [0.05, 0.1) is 28.9 Å². The summed E-state index contributed by atoms with van der Waals surface area (Å²) in [6.45, 7) is -1.91. The van der Waals surface area contributed by atoms with Crippen LogP contribution in [0, 0.1) is 22.7 Å². The number of anilines is 2. The molecule has 0 fully saturated rings. The number of fused-ring (bicyclic) bond motifs is 2. The highest BCUT2D eigenvalue weighted by Crippen LogP contribution is 2.39. The third-order valence-electron chi connectivity index (χ3n) is 4.67. The third-order valence-corrected chi connectivity index (χ3v) is 5.71. The number of thiophene rings is 1. The summed E-state index contributed by atoms with van der Waals surface area (Å²) in [6, 6.07) is 8.77. The van der Waals surface area contributed by atoms with Crippen LogP contribution >= 0.6 is 11.3 Å². The maximum absolute atomic E-state index is 12.6. The van der Waals surface area contributed by atoms with Gasteiger partial charge < -0.3 is 15.4 Å². The number of halogens is 2. The van der Waals surface area contributed by atoms with Crippen LogP contribution in [-0.4, -0.2) is 18.1 Å². The molecule has 9 heteroatoms. The van der Waals surface area contributed by atoms with Crippen LogP contribution in [0.2, 0.25) is 0 Å². The predicted octanol–water partition coefficient (Wildman–Crippen LogP) is 3.79. The number of alkyl halides is 2. The second-order valence-corrected chi connectivity index (χ2v) is 7.35. The van der Waals surface area contributed by atoms with E-state index in [2.05, 4.69) is 21.9 Å². The highest BCUT2D eigenvalue weighted by molar-refractivity contribution is 7.16. The summed E-state index contributed by atoms with van der Waals surface area (Å²) in [5, 5.41) is 19.9. The smallest absolute Gasteiger partial charge is 0.387 e. The zero-order chi connectivity index (χ0) is 19.8. The first-order valence-corrected chi connectivity index (χ1v) is 9.16. The molecule has 3 heterocycles. The Balaban J connectivity index is 1.83. The van der Waals surface area contributed by atoms with Crippen LogP contribution in [-0.2, 0) is 13.0 Å². The lowest BCUT2D eigenvalue weighted by molar-refractivity contribution is -0.0497. The van der Waals surface area contributed by atoms with Crippen LogP contribution in [0.3, 0.4) is 0 Å². The number of benzene rings is 1. The SMILES string of the molecule is N#Cc1cnc2ccc(OC(F)F)cc2c1N1CCc2c(sc(N)c2C#N)C1. The van der Waals surface area contributed by atoms with Gasteiger partial charge in [-0.2, -0.15) is 19.3 Å². The number of nitrogens with two attached hydrogens (primary N) is 1. The maximum atomic E-state index is 12.6. The molecule has 3 aromatic rings. The standard InChI is InChI=1S/C19H13F2N5OS/c20-19(21)27-11-1-2-15-13(5-11)17(10(6-22)8-25-15)26-4-3-12-14(7-23)18(24)28-16(12)9-26/h1-2,5,8,19H,3-4,9,24H2. The van der Waals surface area contributed by atoms with Crippen LogP contribution < -0.4 is 15.4 Å². The minimum absolute atomic E-state index is 0.00507. The van der Waals surface area contributed by atoms with Crippen molar-refractivity contribution in [2.75, 3.05) is 17.2 Å². The molecule has 0 bridgehead atoms. The van der Waals surface area contributed by atoms with Gasteiger partial charge in [0.25, 0.3) is 0 Å². The number of ether oxygens (including phenoxy) is 1. The fourth-order valence-electron chi connectivity index (χ4n) is 3.49. The van der Waals surface area contributed by atoms with Crippen LogP contribution in [0.1, 0.15) is 21.6 Å². The molecule has 0 spiro atoms. The molecule has 1 aliphatic rings. The molecule has 0 aliphatic carbocycles. The van der Waals surface area contributed by atoms with E-state index in [9.17, 15) is 19.3 Å². The highest BCUT2D eigenvalue weighted by atomic mass is 32.1. The summed E-state index contributed by atoms with van der Waals surface area (Å²) < 4.78 is 29.8. The molecule has 0 radical (unpaired) electrons. The monoisotopic (exact) mass is 397 g/mol. The third kappa shape index (κ3) is 2.96. The molecular formula is C19H13F2N5OS. The minimum atomic E-state index is -2.94. The quantitative estimate of drug-likeness (QED) is 0.722. The average molecular weight is 397 g/mol. The van der Waals surface area contributed by atoms with E-state index in [1.807, 2.05) is 4.90 Å². The number of aromatic nitrogens is 1. The molecule has 1 aliphatic heterocycles. The highest BCUT2D eigenvalue weighted by Gasteiger charge is 2.26. The number of hydrogen-bond donors (Lipinski definition) is 1. The molecule has 0 saturated carbocycles. The molecule has 0 unspecified atom stereocenters. The Morgan fingerprint density at radius 3 is 2.82 bits per heavy atom. The van der Waals surface area contributed by atoms with Gasteiger partial charge in [-0.25, -0.2) is 0 Å². The van der Waals surface area contributed by atoms with Crippen LogP contribution in [0.15, 0.2) is 24.4 Å². The van der Waals surface area contributed by atoms with Gasteiger partial charge in [0.1, 0.15) is 22.9 Å². The molecule has 4 rings (SSSR count). The van der Waals surface area contributed by atoms with Crippen molar-refractivity contribution in [1.82, 2.24) is 4.98 Å². The molecule has 6 nitrogen and oxygen atoms in total. The fraction of sp³-hybridized carbons (Fsp3) is 0.211. The van der Waals surface area contributed by atoms with Gasteiger partial charge in [-0.15, -0.1) is 11.3 Å². The van der Waals surface area contributed by atoms with Gasteiger partial charge in [0.15, 0.2) is 0 Å². The lowest BCUT2D eigenvalue weighted by atomic mass is 10.0. The second kappa shape index (κ2) is 6.95. The average Bonchev–Trinajstić information content (AvgIpc) is 3.00. The molecule has 140 valence electrons. The lowest BCUT2D eigenvalue weighted by Gasteiger charge is -2.30. The molecule has 28 heavy (non-hydrogen) atoms. The second-order valence-electron chi connectivity index (χ2n) is 6.22. The Labute approximate surface area is 163 Å². The Hall–Kier alpha value is -3.43. The number of rotatable bonds is 3. The Morgan fingerprint density at radius 1 is 1.29 bits per heavy atom. The Morgan fingerprint density at radius 2 is 2.11 bits per heavy atom. The van der Waals surface area contributed by atoms with Crippen molar-refractivity contribution in [3.8, 4) is 17.9 Å².